The van der Waals surface area contributed by atoms with Gasteiger partial charge >= 0.3 is 0 Å². The van der Waals surface area contributed by atoms with Gasteiger partial charge in [0, 0.05) is 0 Å². The highest BCUT2D eigenvalue weighted by atomic mass is 16.5. The quantitative estimate of drug-likeness (QED) is 0.895. The summed E-state index contributed by atoms with van der Waals surface area (Å²) in [5.74, 6) is 1.57. The Bertz CT molecular complexity index is 532. The number of benzene rings is 2. The minimum atomic E-state index is 0.177. The van der Waals surface area contributed by atoms with Crippen molar-refractivity contribution in [1.29, 1.82) is 0 Å². The maximum atomic E-state index is 9.54. The molecule has 0 aliphatic carbocycles. The molecule has 0 bridgehead atoms. The Kier molecular flexibility index (Phi) is 4.29. The van der Waals surface area contributed by atoms with Crippen molar-refractivity contribution in [2.45, 2.75) is 12.8 Å². The maximum absolute atomic E-state index is 9.54. The molecule has 2 rings (SSSR count). The van der Waals surface area contributed by atoms with Crippen LogP contribution in [0.5, 0.6) is 17.2 Å². The summed E-state index contributed by atoms with van der Waals surface area (Å²) in [5, 5.41) is 9.54. The normalized spacial score (nSPS) is 10.2. The lowest BCUT2D eigenvalue weighted by Gasteiger charge is -2.07. The van der Waals surface area contributed by atoms with E-state index in [4.69, 9.17) is 9.47 Å². The third-order valence-electron chi connectivity index (χ3n) is 3.11. The molecule has 100 valence electrons. The summed E-state index contributed by atoms with van der Waals surface area (Å²) in [5.41, 5.74) is 2.40. The fourth-order valence-electron chi connectivity index (χ4n) is 1.96. The van der Waals surface area contributed by atoms with Gasteiger partial charge in [0.05, 0.1) is 14.2 Å². The van der Waals surface area contributed by atoms with Gasteiger partial charge in [0.25, 0.3) is 0 Å². The second-order valence-corrected chi connectivity index (χ2v) is 4.35. The zero-order valence-corrected chi connectivity index (χ0v) is 11.2. The summed E-state index contributed by atoms with van der Waals surface area (Å²) in [6.45, 7) is 0. The highest BCUT2D eigenvalue weighted by Crippen LogP contribution is 2.26. The van der Waals surface area contributed by atoms with Crippen molar-refractivity contribution in [3.63, 3.8) is 0 Å². The third-order valence-corrected chi connectivity index (χ3v) is 3.11. The average Bonchev–Trinajstić information content (AvgIpc) is 2.47. The second kappa shape index (κ2) is 6.14. The van der Waals surface area contributed by atoms with E-state index in [1.807, 2.05) is 24.3 Å². The smallest absolute Gasteiger partial charge is 0.160 e. The molecular weight excluding hydrogens is 240 g/mol. The maximum Gasteiger partial charge on any atom is 0.160 e. The Morgan fingerprint density at radius 3 is 2.11 bits per heavy atom. The van der Waals surface area contributed by atoms with Crippen LogP contribution in [-0.2, 0) is 12.8 Å². The van der Waals surface area contributed by atoms with Gasteiger partial charge in [0.2, 0.25) is 0 Å². The predicted octanol–water partition coefficient (Wildman–Crippen LogP) is 3.19. The molecule has 0 atom stereocenters. The van der Waals surface area contributed by atoms with E-state index in [0.29, 0.717) is 5.75 Å². The molecular formula is C16H18O3. The largest absolute Gasteiger partial charge is 0.504 e. The number of hydrogen-bond donors (Lipinski definition) is 1. The lowest BCUT2D eigenvalue weighted by atomic mass is 10.0. The zero-order chi connectivity index (χ0) is 13.7. The molecule has 0 fully saturated rings. The van der Waals surface area contributed by atoms with Crippen molar-refractivity contribution in [3.05, 3.63) is 53.6 Å². The van der Waals surface area contributed by atoms with Crippen LogP contribution in [0.15, 0.2) is 42.5 Å². The van der Waals surface area contributed by atoms with Crippen LogP contribution in [0, 0.1) is 0 Å². The highest BCUT2D eigenvalue weighted by Gasteiger charge is 2.03. The lowest BCUT2D eigenvalue weighted by Crippen LogP contribution is -1.93. The Balaban J connectivity index is 2.01. The van der Waals surface area contributed by atoms with Gasteiger partial charge in [-0.3, -0.25) is 0 Å². The summed E-state index contributed by atoms with van der Waals surface area (Å²) in [7, 11) is 3.22. The highest BCUT2D eigenvalue weighted by molar-refractivity contribution is 5.42. The molecule has 19 heavy (non-hydrogen) atoms. The van der Waals surface area contributed by atoms with E-state index < -0.39 is 0 Å². The molecule has 2 aromatic rings. The van der Waals surface area contributed by atoms with Gasteiger partial charge in [-0.25, -0.2) is 0 Å². The van der Waals surface area contributed by atoms with Crippen LogP contribution in [0.1, 0.15) is 11.1 Å². The van der Waals surface area contributed by atoms with Crippen molar-refractivity contribution in [3.8, 4) is 17.2 Å². The summed E-state index contributed by atoms with van der Waals surface area (Å²) in [6.07, 6.45) is 1.85. The summed E-state index contributed by atoms with van der Waals surface area (Å²) in [4.78, 5) is 0. The first kappa shape index (κ1) is 13.3. The van der Waals surface area contributed by atoms with Crippen molar-refractivity contribution in [2.24, 2.45) is 0 Å². The predicted molar refractivity (Wildman–Crippen MR) is 75.1 cm³/mol. The minimum absolute atomic E-state index is 0.177. The first-order valence-electron chi connectivity index (χ1n) is 6.21. The monoisotopic (exact) mass is 258 g/mol. The molecule has 0 saturated carbocycles. The van der Waals surface area contributed by atoms with Gasteiger partial charge in [-0.1, -0.05) is 18.2 Å². The van der Waals surface area contributed by atoms with Gasteiger partial charge in [0.15, 0.2) is 11.5 Å². The molecule has 0 aliphatic rings. The number of aryl methyl sites for hydroxylation is 2. The van der Waals surface area contributed by atoms with Crippen LogP contribution in [0.4, 0.5) is 0 Å². The molecule has 3 heteroatoms. The van der Waals surface area contributed by atoms with E-state index in [9.17, 15) is 5.11 Å². The number of rotatable bonds is 5. The molecule has 0 unspecified atom stereocenters. The zero-order valence-electron chi connectivity index (χ0n) is 11.2. The first-order valence-corrected chi connectivity index (χ1v) is 6.21. The van der Waals surface area contributed by atoms with Gasteiger partial charge in [-0.2, -0.15) is 0 Å². The number of phenols is 1. The number of ether oxygens (including phenoxy) is 2. The first-order chi connectivity index (χ1) is 9.22. The molecule has 3 nitrogen and oxygen atoms in total. The Hall–Kier alpha value is -2.16. The molecule has 1 N–H and O–H groups in total. The van der Waals surface area contributed by atoms with Gasteiger partial charge in [-0.15, -0.1) is 0 Å². The third kappa shape index (κ3) is 3.41. The summed E-state index contributed by atoms with van der Waals surface area (Å²) >= 11 is 0. The van der Waals surface area contributed by atoms with Crippen LogP contribution in [0.2, 0.25) is 0 Å². The molecule has 2 aromatic carbocycles. The van der Waals surface area contributed by atoms with Gasteiger partial charge in [0.1, 0.15) is 5.75 Å². The molecule has 0 heterocycles. The molecule has 0 aromatic heterocycles. The van der Waals surface area contributed by atoms with Crippen LogP contribution in [0.3, 0.4) is 0 Å². The lowest BCUT2D eigenvalue weighted by molar-refractivity contribution is 0.373. The Morgan fingerprint density at radius 1 is 0.842 bits per heavy atom. The Labute approximate surface area is 113 Å². The van der Waals surface area contributed by atoms with Crippen molar-refractivity contribution < 1.29 is 14.6 Å². The van der Waals surface area contributed by atoms with Crippen molar-refractivity contribution in [1.82, 2.24) is 0 Å². The number of aromatic hydroxyl groups is 1. The van der Waals surface area contributed by atoms with E-state index >= 15 is 0 Å². The topological polar surface area (TPSA) is 38.7 Å². The summed E-state index contributed by atoms with van der Waals surface area (Å²) in [6, 6.07) is 13.5. The van der Waals surface area contributed by atoms with E-state index in [-0.39, 0.29) is 5.75 Å². The number of phenolic OH excluding ortho intramolecular Hbond substituents is 1. The van der Waals surface area contributed by atoms with E-state index in [1.54, 1.807) is 20.3 Å². The SMILES string of the molecule is COc1ccc(CCc2ccc(O)c(OC)c2)cc1. The number of methoxy groups -OCH3 is 2. The molecule has 0 aliphatic heterocycles. The minimum Gasteiger partial charge on any atom is -0.504 e. The number of hydrogen-bond acceptors (Lipinski definition) is 3. The standard InChI is InChI=1S/C16H18O3/c1-18-14-8-5-12(6-9-14)3-4-13-7-10-15(17)16(11-13)19-2/h5-11,17H,3-4H2,1-2H3. The fourth-order valence-corrected chi connectivity index (χ4v) is 1.96. The van der Waals surface area contributed by atoms with Crippen LogP contribution in [-0.4, -0.2) is 19.3 Å². The molecule has 0 radical (unpaired) electrons. The van der Waals surface area contributed by atoms with E-state index in [0.717, 1.165) is 24.2 Å². The fraction of sp³-hybridized carbons (Fsp3) is 0.250. The second-order valence-electron chi connectivity index (χ2n) is 4.35. The van der Waals surface area contributed by atoms with Gasteiger partial charge in [-0.05, 0) is 48.2 Å². The van der Waals surface area contributed by atoms with E-state index in [1.165, 1.54) is 5.56 Å². The van der Waals surface area contributed by atoms with Gasteiger partial charge < -0.3 is 14.6 Å². The average molecular weight is 258 g/mol. The molecule has 0 amide bonds. The van der Waals surface area contributed by atoms with Crippen molar-refractivity contribution >= 4 is 0 Å². The molecule has 0 spiro atoms. The van der Waals surface area contributed by atoms with E-state index in [2.05, 4.69) is 12.1 Å². The summed E-state index contributed by atoms with van der Waals surface area (Å²) < 4.78 is 10.2. The van der Waals surface area contributed by atoms with Crippen molar-refractivity contribution in [2.75, 3.05) is 14.2 Å². The van der Waals surface area contributed by atoms with Crippen LogP contribution < -0.4 is 9.47 Å². The Morgan fingerprint density at radius 2 is 1.47 bits per heavy atom. The van der Waals surface area contributed by atoms with Crippen LogP contribution in [0.25, 0.3) is 0 Å². The molecule has 0 saturated heterocycles. The van der Waals surface area contributed by atoms with Crippen LogP contribution >= 0.6 is 0 Å².